The number of aliphatic hydroxyl groups is 1. The van der Waals surface area contributed by atoms with Crippen LogP contribution in [0.1, 0.15) is 29.3 Å². The Balaban J connectivity index is 2.39. The van der Waals surface area contributed by atoms with Crippen molar-refractivity contribution >= 4 is 28.8 Å². The average molecular weight is 311 g/mol. The molecular weight excluding hydrogens is 298 g/mol. The fourth-order valence-electron chi connectivity index (χ4n) is 1.61. The van der Waals surface area contributed by atoms with Crippen molar-refractivity contribution in [3.05, 3.63) is 38.5 Å². The van der Waals surface area contributed by atoms with Crippen LogP contribution in [0.15, 0.2) is 21.5 Å². The fourth-order valence-corrected chi connectivity index (χ4v) is 3.87. The molecule has 0 aliphatic heterocycles. The van der Waals surface area contributed by atoms with Crippen molar-refractivity contribution in [1.82, 2.24) is 9.97 Å². The Morgan fingerprint density at radius 3 is 2.45 bits per heavy atom. The van der Waals surface area contributed by atoms with Crippen LogP contribution >= 0.6 is 23.1 Å². The smallest absolute Gasteiger partial charge is 0.294 e. The molecule has 0 saturated heterocycles. The standard InChI is InChI=1S/C12H13N3O3S2/c1-6-4-7(2)14-12(13-6)20-11-9(15(17)18)5-10(19-11)8(3)16/h4-5,8,16H,1-3H3/t8-/m0/s1. The molecular formula is C12H13N3O3S2. The number of rotatable bonds is 4. The Bertz CT molecular complexity index is 635. The van der Waals surface area contributed by atoms with Gasteiger partial charge in [0.2, 0.25) is 0 Å². The van der Waals surface area contributed by atoms with Crippen molar-refractivity contribution in [2.24, 2.45) is 0 Å². The lowest BCUT2D eigenvalue weighted by Gasteiger charge is -2.01. The van der Waals surface area contributed by atoms with E-state index in [1.165, 1.54) is 17.4 Å². The van der Waals surface area contributed by atoms with Crippen LogP contribution in [0.4, 0.5) is 5.69 Å². The van der Waals surface area contributed by atoms with Crippen LogP contribution in [0.25, 0.3) is 0 Å². The van der Waals surface area contributed by atoms with Gasteiger partial charge in [-0.2, -0.15) is 0 Å². The third-order valence-electron chi connectivity index (χ3n) is 2.45. The molecule has 106 valence electrons. The third-order valence-corrected chi connectivity index (χ3v) is 4.80. The molecule has 1 N–H and O–H groups in total. The SMILES string of the molecule is Cc1cc(C)nc(Sc2sc([C@H](C)O)cc2[N+](=O)[O-])n1. The summed E-state index contributed by atoms with van der Waals surface area (Å²) in [6, 6.07) is 3.24. The van der Waals surface area contributed by atoms with Crippen LogP contribution in [0.5, 0.6) is 0 Å². The summed E-state index contributed by atoms with van der Waals surface area (Å²) in [4.78, 5) is 19.7. The van der Waals surface area contributed by atoms with E-state index < -0.39 is 11.0 Å². The molecule has 0 radical (unpaired) electrons. The van der Waals surface area contributed by atoms with Crippen molar-refractivity contribution in [3.8, 4) is 0 Å². The zero-order valence-corrected chi connectivity index (χ0v) is 12.8. The van der Waals surface area contributed by atoms with Gasteiger partial charge in [0.05, 0.1) is 11.0 Å². The molecule has 0 amide bonds. The molecule has 0 unspecified atom stereocenters. The molecule has 2 aromatic heterocycles. The number of nitro groups is 1. The summed E-state index contributed by atoms with van der Waals surface area (Å²) in [7, 11) is 0. The highest BCUT2D eigenvalue weighted by molar-refractivity contribution is 8.01. The van der Waals surface area contributed by atoms with Crippen molar-refractivity contribution in [3.63, 3.8) is 0 Å². The summed E-state index contributed by atoms with van der Waals surface area (Å²) in [5.74, 6) is 0. The van der Waals surface area contributed by atoms with Crippen molar-refractivity contribution in [2.75, 3.05) is 0 Å². The second-order valence-corrected chi connectivity index (χ2v) is 6.61. The number of aliphatic hydroxyl groups excluding tert-OH is 1. The molecule has 8 heteroatoms. The van der Waals surface area contributed by atoms with E-state index >= 15 is 0 Å². The van der Waals surface area contributed by atoms with Gasteiger partial charge < -0.3 is 5.11 Å². The van der Waals surface area contributed by atoms with Gasteiger partial charge in [-0.1, -0.05) is 0 Å². The maximum Gasteiger partial charge on any atom is 0.294 e. The summed E-state index contributed by atoms with van der Waals surface area (Å²) in [5, 5.41) is 21.1. The minimum Gasteiger partial charge on any atom is -0.388 e. The normalized spacial score (nSPS) is 12.4. The molecule has 0 fully saturated rings. The Labute approximate surface area is 124 Å². The number of nitrogens with zero attached hydrogens (tertiary/aromatic N) is 3. The highest BCUT2D eigenvalue weighted by atomic mass is 32.2. The summed E-state index contributed by atoms with van der Waals surface area (Å²) in [6.07, 6.45) is -0.729. The van der Waals surface area contributed by atoms with Crippen LogP contribution in [0.2, 0.25) is 0 Å². The number of hydrogen-bond acceptors (Lipinski definition) is 7. The number of aromatic nitrogens is 2. The van der Waals surface area contributed by atoms with Crippen LogP contribution in [-0.2, 0) is 0 Å². The highest BCUT2D eigenvalue weighted by Crippen LogP contribution is 2.42. The molecule has 0 bridgehead atoms. The maximum atomic E-state index is 11.1. The molecule has 0 aliphatic carbocycles. The van der Waals surface area contributed by atoms with Gasteiger partial charge in [-0.15, -0.1) is 11.3 Å². The van der Waals surface area contributed by atoms with E-state index in [0.29, 0.717) is 14.2 Å². The van der Waals surface area contributed by atoms with Crippen molar-refractivity contribution in [2.45, 2.75) is 36.2 Å². The minimum atomic E-state index is -0.729. The van der Waals surface area contributed by atoms with E-state index in [1.807, 2.05) is 19.9 Å². The number of thiophene rings is 1. The molecule has 0 spiro atoms. The molecule has 1 atom stereocenters. The second kappa shape index (κ2) is 5.86. The third kappa shape index (κ3) is 3.33. The van der Waals surface area contributed by atoms with E-state index in [-0.39, 0.29) is 5.69 Å². The molecule has 2 heterocycles. The van der Waals surface area contributed by atoms with Gasteiger partial charge in [0.15, 0.2) is 5.16 Å². The molecule has 0 saturated carbocycles. The highest BCUT2D eigenvalue weighted by Gasteiger charge is 2.22. The number of hydrogen-bond donors (Lipinski definition) is 1. The predicted octanol–water partition coefficient (Wildman–Crippen LogP) is 3.27. The van der Waals surface area contributed by atoms with Crippen LogP contribution in [0.3, 0.4) is 0 Å². The van der Waals surface area contributed by atoms with Gasteiger partial charge in [0.1, 0.15) is 4.21 Å². The molecule has 2 rings (SSSR count). The lowest BCUT2D eigenvalue weighted by molar-refractivity contribution is -0.387. The van der Waals surface area contributed by atoms with Gasteiger partial charge in [0, 0.05) is 22.3 Å². The van der Waals surface area contributed by atoms with Gasteiger partial charge >= 0.3 is 0 Å². The summed E-state index contributed by atoms with van der Waals surface area (Å²) >= 11 is 2.35. The lowest BCUT2D eigenvalue weighted by Crippen LogP contribution is -1.93. The zero-order valence-electron chi connectivity index (χ0n) is 11.2. The van der Waals surface area contributed by atoms with Crippen LogP contribution < -0.4 is 0 Å². The van der Waals surface area contributed by atoms with Gasteiger partial charge in [-0.25, -0.2) is 9.97 Å². The van der Waals surface area contributed by atoms with Crippen LogP contribution in [-0.4, -0.2) is 20.0 Å². The quantitative estimate of drug-likeness (QED) is 0.529. The van der Waals surface area contributed by atoms with Crippen molar-refractivity contribution in [1.29, 1.82) is 0 Å². The Morgan fingerprint density at radius 2 is 1.95 bits per heavy atom. The van der Waals surface area contributed by atoms with E-state index in [4.69, 9.17) is 0 Å². The Hall–Kier alpha value is -1.51. The average Bonchev–Trinajstić information content (AvgIpc) is 2.71. The first kappa shape index (κ1) is 14.9. The Morgan fingerprint density at radius 1 is 1.35 bits per heavy atom. The lowest BCUT2D eigenvalue weighted by atomic mass is 10.3. The summed E-state index contributed by atoms with van der Waals surface area (Å²) in [6.45, 7) is 5.28. The first-order chi connectivity index (χ1) is 9.36. The monoisotopic (exact) mass is 311 g/mol. The molecule has 20 heavy (non-hydrogen) atoms. The first-order valence-corrected chi connectivity index (χ1v) is 7.46. The minimum absolute atomic E-state index is 0.0151. The largest absolute Gasteiger partial charge is 0.388 e. The Kier molecular flexibility index (Phi) is 4.36. The second-order valence-electron chi connectivity index (χ2n) is 4.29. The molecule has 2 aromatic rings. The van der Waals surface area contributed by atoms with E-state index in [0.717, 1.165) is 23.1 Å². The topological polar surface area (TPSA) is 89.2 Å². The van der Waals surface area contributed by atoms with Gasteiger partial charge in [0.25, 0.3) is 5.69 Å². The van der Waals surface area contributed by atoms with E-state index in [2.05, 4.69) is 9.97 Å². The van der Waals surface area contributed by atoms with E-state index in [1.54, 1.807) is 6.92 Å². The maximum absolute atomic E-state index is 11.1. The molecule has 6 nitrogen and oxygen atoms in total. The van der Waals surface area contributed by atoms with E-state index in [9.17, 15) is 15.2 Å². The molecule has 0 aromatic carbocycles. The zero-order chi connectivity index (χ0) is 14.9. The summed E-state index contributed by atoms with van der Waals surface area (Å²) < 4.78 is 0.482. The van der Waals surface area contributed by atoms with Crippen LogP contribution in [0, 0.1) is 24.0 Å². The van der Waals surface area contributed by atoms with Gasteiger partial charge in [-0.05, 0) is 38.6 Å². The van der Waals surface area contributed by atoms with Crippen molar-refractivity contribution < 1.29 is 10.0 Å². The number of aryl methyl sites for hydroxylation is 2. The fraction of sp³-hybridized carbons (Fsp3) is 0.333. The molecule has 0 aliphatic rings. The summed E-state index contributed by atoms with van der Waals surface area (Å²) in [5.41, 5.74) is 1.61. The van der Waals surface area contributed by atoms with Gasteiger partial charge in [-0.3, -0.25) is 10.1 Å². The first-order valence-electron chi connectivity index (χ1n) is 5.83. The predicted molar refractivity (Wildman–Crippen MR) is 77.2 cm³/mol.